The van der Waals surface area contributed by atoms with Gasteiger partial charge >= 0.3 is 5.97 Å². The van der Waals surface area contributed by atoms with Gasteiger partial charge in [-0.2, -0.15) is 0 Å². The Labute approximate surface area is 236 Å². The van der Waals surface area contributed by atoms with Crippen molar-refractivity contribution in [3.8, 4) is 17.0 Å². The fourth-order valence-corrected chi connectivity index (χ4v) is 5.15. The summed E-state index contributed by atoms with van der Waals surface area (Å²) in [5.41, 5.74) is 3.05. The van der Waals surface area contributed by atoms with Crippen molar-refractivity contribution >= 4 is 57.6 Å². The molecule has 0 aliphatic heterocycles. The van der Waals surface area contributed by atoms with E-state index in [2.05, 4.69) is 24.1 Å². The number of hydrogen-bond donors (Lipinski definition) is 2. The first-order valence-electron chi connectivity index (χ1n) is 12.2. The van der Waals surface area contributed by atoms with E-state index in [9.17, 15) is 9.59 Å². The number of para-hydroxylation sites is 1. The molecule has 0 fully saturated rings. The Balaban J connectivity index is 1.86. The molecule has 202 valence electrons. The molecule has 0 saturated heterocycles. The van der Waals surface area contributed by atoms with Gasteiger partial charge in [0.2, 0.25) is 0 Å². The molecule has 10 heteroatoms. The maximum absolute atomic E-state index is 12.9. The minimum Gasteiger partial charge on any atom is -0.496 e. The lowest BCUT2D eigenvalue weighted by Crippen LogP contribution is -2.12. The Morgan fingerprint density at radius 1 is 1.18 bits per heavy atom. The molecule has 1 amide bonds. The zero-order chi connectivity index (χ0) is 27.8. The van der Waals surface area contributed by atoms with Crippen molar-refractivity contribution in [2.75, 3.05) is 19.0 Å². The molecular formula is C28H30Cl2N2O5S. The highest BCUT2D eigenvalue weighted by molar-refractivity contribution is 7.14. The van der Waals surface area contributed by atoms with E-state index < -0.39 is 11.9 Å². The number of carbonyl (C=O) groups excluding carboxylic acids is 1. The smallest absolute Gasteiger partial charge is 0.331 e. The van der Waals surface area contributed by atoms with E-state index in [-0.39, 0.29) is 27.3 Å². The number of halogens is 2. The number of nitrogens with zero attached hydrogens (tertiary/aromatic N) is 1. The minimum atomic E-state index is -1.09. The summed E-state index contributed by atoms with van der Waals surface area (Å²) in [5.74, 6) is -0.837. The van der Waals surface area contributed by atoms with Gasteiger partial charge < -0.3 is 14.6 Å². The number of anilines is 1. The number of hydrogen-bond acceptors (Lipinski definition) is 6. The number of carboxylic acid groups (broad SMARTS) is 1. The predicted octanol–water partition coefficient (Wildman–Crippen LogP) is 8.13. The second-order valence-electron chi connectivity index (χ2n) is 8.55. The van der Waals surface area contributed by atoms with Crippen LogP contribution in [0.2, 0.25) is 10.0 Å². The van der Waals surface area contributed by atoms with Crippen LogP contribution >= 0.6 is 34.5 Å². The first-order chi connectivity index (χ1) is 18.2. The molecule has 2 aromatic carbocycles. The van der Waals surface area contributed by atoms with Crippen LogP contribution in [0.15, 0.2) is 41.3 Å². The summed E-state index contributed by atoms with van der Waals surface area (Å²) in [6.45, 7) is 6.29. The van der Waals surface area contributed by atoms with Crippen molar-refractivity contribution in [1.82, 2.24) is 4.98 Å². The molecule has 0 unspecified atom stereocenters. The molecule has 3 aromatic rings. The van der Waals surface area contributed by atoms with Crippen molar-refractivity contribution in [3.63, 3.8) is 0 Å². The van der Waals surface area contributed by atoms with Gasteiger partial charge in [0, 0.05) is 39.8 Å². The van der Waals surface area contributed by atoms with Crippen LogP contribution in [0.3, 0.4) is 0 Å². The van der Waals surface area contributed by atoms with Gasteiger partial charge in [0.15, 0.2) is 5.13 Å². The van der Waals surface area contributed by atoms with Crippen molar-refractivity contribution in [2.24, 2.45) is 0 Å². The maximum Gasteiger partial charge on any atom is 0.331 e. The summed E-state index contributed by atoms with van der Waals surface area (Å²) in [7, 11) is 1.63. The molecule has 0 radical (unpaired) electrons. The van der Waals surface area contributed by atoms with Crippen LogP contribution in [0.25, 0.3) is 17.3 Å². The topological polar surface area (TPSA) is 97.8 Å². The molecule has 0 aliphatic rings. The number of carboxylic acids is 1. The molecular weight excluding hydrogens is 547 g/mol. The molecule has 0 spiro atoms. The molecule has 0 bridgehead atoms. The fraction of sp³-hybridized carbons (Fsp3) is 0.321. The number of aromatic nitrogens is 1. The maximum atomic E-state index is 12.9. The van der Waals surface area contributed by atoms with E-state index in [1.807, 2.05) is 23.6 Å². The number of nitrogens with one attached hydrogen (secondary N) is 1. The summed E-state index contributed by atoms with van der Waals surface area (Å²) in [6, 6.07) is 8.77. The highest BCUT2D eigenvalue weighted by atomic mass is 35.5. The number of carbonyl (C=O) groups is 2. The second-order valence-corrected chi connectivity index (χ2v) is 10.2. The van der Waals surface area contributed by atoms with E-state index >= 15 is 0 Å². The summed E-state index contributed by atoms with van der Waals surface area (Å²) in [6.07, 6.45) is 4.04. The van der Waals surface area contributed by atoms with E-state index in [4.69, 9.17) is 37.8 Å². The van der Waals surface area contributed by atoms with Crippen molar-refractivity contribution in [1.29, 1.82) is 0 Å². The Morgan fingerprint density at radius 2 is 1.89 bits per heavy atom. The van der Waals surface area contributed by atoms with Crippen LogP contribution in [0.1, 0.15) is 67.6 Å². The first-order valence-corrected chi connectivity index (χ1v) is 13.8. The van der Waals surface area contributed by atoms with Gasteiger partial charge in [-0.3, -0.25) is 10.1 Å². The number of amides is 1. The monoisotopic (exact) mass is 576 g/mol. The van der Waals surface area contributed by atoms with E-state index in [1.165, 1.54) is 36.5 Å². The van der Waals surface area contributed by atoms with Gasteiger partial charge in [0.05, 0.1) is 29.0 Å². The fourth-order valence-electron chi connectivity index (χ4n) is 3.84. The van der Waals surface area contributed by atoms with E-state index in [0.717, 1.165) is 30.4 Å². The van der Waals surface area contributed by atoms with Crippen LogP contribution < -0.4 is 10.1 Å². The lowest BCUT2D eigenvalue weighted by molar-refractivity contribution is -0.132. The number of aliphatic carboxylic acids is 1. The highest BCUT2D eigenvalue weighted by Gasteiger charge is 2.21. The third-order valence-electron chi connectivity index (χ3n) is 5.71. The predicted molar refractivity (Wildman–Crippen MR) is 154 cm³/mol. The zero-order valence-electron chi connectivity index (χ0n) is 21.6. The van der Waals surface area contributed by atoms with Crippen LogP contribution in [0.5, 0.6) is 5.75 Å². The molecule has 0 saturated carbocycles. The van der Waals surface area contributed by atoms with Gasteiger partial charge in [-0.1, -0.05) is 55.6 Å². The van der Waals surface area contributed by atoms with Crippen LogP contribution in [0.4, 0.5) is 5.13 Å². The average Bonchev–Trinajstić information content (AvgIpc) is 3.35. The number of methoxy groups -OCH3 is 1. The zero-order valence-corrected chi connectivity index (χ0v) is 24.0. The Bertz CT molecular complexity index is 1320. The molecule has 38 heavy (non-hydrogen) atoms. The number of benzene rings is 2. The molecule has 7 nitrogen and oxygen atoms in total. The largest absolute Gasteiger partial charge is 0.496 e. The van der Waals surface area contributed by atoms with Crippen molar-refractivity contribution in [3.05, 3.63) is 68.0 Å². The van der Waals surface area contributed by atoms with Gasteiger partial charge in [-0.05, 0) is 44.0 Å². The molecule has 1 aromatic heterocycles. The Morgan fingerprint density at radius 3 is 2.50 bits per heavy atom. The van der Waals surface area contributed by atoms with Gasteiger partial charge in [0.25, 0.3) is 5.91 Å². The number of ether oxygens (including phenoxy) is 2. The lowest BCUT2D eigenvalue weighted by atomic mass is 9.99. The normalized spacial score (nSPS) is 12.3. The molecule has 1 heterocycles. The van der Waals surface area contributed by atoms with Gasteiger partial charge in [-0.15, -0.1) is 11.3 Å². The third kappa shape index (κ3) is 7.14. The summed E-state index contributed by atoms with van der Waals surface area (Å²) >= 11 is 13.9. The third-order valence-corrected chi connectivity index (χ3v) is 7.09. The molecule has 3 rings (SSSR count). The van der Waals surface area contributed by atoms with Crippen molar-refractivity contribution < 1.29 is 24.2 Å². The first kappa shape index (κ1) is 29.6. The quantitative estimate of drug-likeness (QED) is 0.211. The SMILES string of the molecule is CCCO[C@@H](CCC)c1cccc(-c2csc(NC(=O)c3cc(Cl)c(C=C(C)C(=O)O)c(Cl)c3)n2)c1OC. The number of rotatable bonds is 12. The molecule has 0 aliphatic carbocycles. The number of thiazole rings is 1. The second kappa shape index (κ2) is 13.8. The van der Waals surface area contributed by atoms with Gasteiger partial charge in [0.1, 0.15) is 5.75 Å². The summed E-state index contributed by atoms with van der Waals surface area (Å²) < 4.78 is 11.9. The average molecular weight is 578 g/mol. The molecule has 1 atom stereocenters. The molecule has 2 N–H and O–H groups in total. The van der Waals surface area contributed by atoms with E-state index in [1.54, 1.807) is 7.11 Å². The van der Waals surface area contributed by atoms with Crippen LogP contribution in [-0.4, -0.2) is 35.7 Å². The van der Waals surface area contributed by atoms with E-state index in [0.29, 0.717) is 28.7 Å². The summed E-state index contributed by atoms with van der Waals surface area (Å²) in [4.78, 5) is 28.7. The van der Waals surface area contributed by atoms with Crippen LogP contribution in [-0.2, 0) is 9.53 Å². The standard InChI is InChI=1S/C28H30Cl2N2O5S/c1-5-8-24(37-11-6-2)19-10-7-9-18(25(19)36-4)23-15-38-28(31-23)32-26(33)17-13-21(29)20(22(30)14-17)12-16(3)27(34)35/h7,9-10,12-15,24H,5-6,8,11H2,1-4H3,(H,34,35)(H,31,32,33)/t24-/m0/s1. The highest BCUT2D eigenvalue weighted by Crippen LogP contribution is 2.40. The van der Waals surface area contributed by atoms with Crippen molar-refractivity contribution in [2.45, 2.75) is 46.1 Å². The minimum absolute atomic E-state index is 0.0683. The lowest BCUT2D eigenvalue weighted by Gasteiger charge is -2.21. The van der Waals surface area contributed by atoms with Gasteiger partial charge in [-0.25, -0.2) is 9.78 Å². The Kier molecular flexibility index (Phi) is 10.7. The summed E-state index contributed by atoms with van der Waals surface area (Å²) in [5, 5.41) is 14.5. The van der Waals surface area contributed by atoms with Crippen LogP contribution in [0, 0.1) is 0 Å². The Hall–Kier alpha value is -2.91.